The Morgan fingerprint density at radius 3 is 2.19 bits per heavy atom. The van der Waals surface area contributed by atoms with Crippen LogP contribution in [0.1, 0.15) is 10.4 Å². The highest BCUT2D eigenvalue weighted by Gasteiger charge is 2.26. The molecule has 0 saturated heterocycles. The molecule has 152 valence electrons. The summed E-state index contributed by atoms with van der Waals surface area (Å²) in [6.45, 7) is 0. The monoisotopic (exact) mass is 465 g/mol. The molecule has 0 aliphatic carbocycles. The molecular formula is C23H13Cl2N3O2S. The maximum absolute atomic E-state index is 13.4. The number of thiazole rings is 1. The Morgan fingerprint density at radius 2 is 1.52 bits per heavy atom. The van der Waals surface area contributed by atoms with Gasteiger partial charge in [0.05, 0.1) is 10.2 Å². The molecule has 0 atom stereocenters. The second-order valence-electron chi connectivity index (χ2n) is 6.69. The molecule has 0 unspecified atom stereocenters. The van der Waals surface area contributed by atoms with Crippen LogP contribution in [0.25, 0.3) is 32.8 Å². The topological polar surface area (TPSA) is 68.0 Å². The van der Waals surface area contributed by atoms with Gasteiger partial charge in [-0.05, 0) is 48.5 Å². The molecular weight excluding hydrogens is 453 g/mol. The van der Waals surface area contributed by atoms with E-state index in [9.17, 15) is 4.79 Å². The van der Waals surface area contributed by atoms with Gasteiger partial charge in [0.1, 0.15) is 11.3 Å². The summed E-state index contributed by atoms with van der Waals surface area (Å²) < 4.78 is 6.61. The van der Waals surface area contributed by atoms with Crippen molar-refractivity contribution in [2.24, 2.45) is 0 Å². The average Bonchev–Trinajstić information content (AvgIpc) is 3.39. The Labute approximate surface area is 191 Å². The van der Waals surface area contributed by atoms with Gasteiger partial charge in [-0.1, -0.05) is 64.0 Å². The van der Waals surface area contributed by atoms with Crippen molar-refractivity contribution < 1.29 is 9.32 Å². The number of rotatable bonds is 4. The van der Waals surface area contributed by atoms with E-state index in [1.165, 1.54) is 11.3 Å². The van der Waals surface area contributed by atoms with Crippen LogP contribution in [0.15, 0.2) is 77.3 Å². The van der Waals surface area contributed by atoms with Crippen LogP contribution in [0, 0.1) is 0 Å². The normalized spacial score (nSPS) is 11.0. The Kier molecular flexibility index (Phi) is 5.19. The first-order valence-corrected chi connectivity index (χ1v) is 10.8. The molecule has 31 heavy (non-hydrogen) atoms. The van der Waals surface area contributed by atoms with Crippen LogP contribution in [0.3, 0.4) is 0 Å². The van der Waals surface area contributed by atoms with Gasteiger partial charge in [-0.2, -0.15) is 0 Å². The summed E-state index contributed by atoms with van der Waals surface area (Å²) in [7, 11) is 0. The fourth-order valence-electron chi connectivity index (χ4n) is 3.19. The van der Waals surface area contributed by atoms with Gasteiger partial charge in [0.15, 0.2) is 10.9 Å². The van der Waals surface area contributed by atoms with Crippen LogP contribution in [0.4, 0.5) is 5.13 Å². The van der Waals surface area contributed by atoms with E-state index >= 15 is 0 Å². The van der Waals surface area contributed by atoms with E-state index in [0.29, 0.717) is 43.3 Å². The van der Waals surface area contributed by atoms with Gasteiger partial charge < -0.3 is 4.52 Å². The molecule has 2 heterocycles. The average molecular weight is 466 g/mol. The van der Waals surface area contributed by atoms with Crippen LogP contribution in [0.2, 0.25) is 10.0 Å². The predicted molar refractivity (Wildman–Crippen MR) is 125 cm³/mol. The molecule has 8 heteroatoms. The Bertz CT molecular complexity index is 1300. The van der Waals surface area contributed by atoms with Crippen molar-refractivity contribution in [3.8, 4) is 22.6 Å². The number of carbonyl (C=O) groups excluding carboxylic acids is 1. The minimum Gasteiger partial charge on any atom is -0.355 e. The number of nitrogens with one attached hydrogen (secondary N) is 1. The highest BCUT2D eigenvalue weighted by Crippen LogP contribution is 2.34. The molecule has 0 saturated carbocycles. The van der Waals surface area contributed by atoms with Crippen molar-refractivity contribution in [3.05, 3.63) is 88.4 Å². The van der Waals surface area contributed by atoms with E-state index in [4.69, 9.17) is 27.7 Å². The highest BCUT2D eigenvalue weighted by atomic mass is 35.5. The molecule has 5 nitrogen and oxygen atoms in total. The summed E-state index contributed by atoms with van der Waals surface area (Å²) in [5.74, 6) is -0.0181. The summed E-state index contributed by atoms with van der Waals surface area (Å²) in [5.41, 5.74) is 2.95. The number of benzene rings is 3. The van der Waals surface area contributed by atoms with Crippen molar-refractivity contribution in [2.75, 3.05) is 5.32 Å². The van der Waals surface area contributed by atoms with Crippen LogP contribution in [0.5, 0.6) is 0 Å². The summed E-state index contributed by atoms with van der Waals surface area (Å²) >= 11 is 13.4. The van der Waals surface area contributed by atoms with Gasteiger partial charge in [0.2, 0.25) is 0 Å². The molecule has 5 aromatic rings. The molecule has 0 aliphatic heterocycles. The lowest BCUT2D eigenvalue weighted by Crippen LogP contribution is -2.13. The predicted octanol–water partition coefficient (Wildman–Crippen LogP) is 7.18. The third kappa shape index (κ3) is 3.93. The number of amides is 1. The summed E-state index contributed by atoms with van der Waals surface area (Å²) in [4.78, 5) is 17.9. The smallest absolute Gasteiger partial charge is 0.263 e. The largest absolute Gasteiger partial charge is 0.355 e. The second-order valence-corrected chi connectivity index (χ2v) is 8.59. The zero-order valence-electron chi connectivity index (χ0n) is 15.8. The van der Waals surface area contributed by atoms with Crippen molar-refractivity contribution in [1.29, 1.82) is 0 Å². The van der Waals surface area contributed by atoms with Gasteiger partial charge in [-0.25, -0.2) is 4.98 Å². The van der Waals surface area contributed by atoms with Gasteiger partial charge in [-0.3, -0.25) is 10.1 Å². The number of hydrogen-bond donors (Lipinski definition) is 1. The quantitative estimate of drug-likeness (QED) is 0.305. The maximum Gasteiger partial charge on any atom is 0.263 e. The molecule has 1 N–H and O–H groups in total. The van der Waals surface area contributed by atoms with Gasteiger partial charge in [-0.15, -0.1) is 0 Å². The zero-order valence-corrected chi connectivity index (χ0v) is 18.1. The lowest BCUT2D eigenvalue weighted by atomic mass is 10.0. The molecule has 0 spiro atoms. The first kappa shape index (κ1) is 19.8. The summed E-state index contributed by atoms with van der Waals surface area (Å²) in [5, 5.41) is 8.75. The molecule has 2 aromatic heterocycles. The molecule has 0 bridgehead atoms. The van der Waals surface area contributed by atoms with Crippen LogP contribution in [-0.4, -0.2) is 16.0 Å². The second kappa shape index (κ2) is 8.15. The number of fused-ring (bicyclic) bond motifs is 1. The molecule has 1 amide bonds. The van der Waals surface area contributed by atoms with Gasteiger partial charge >= 0.3 is 0 Å². The Hall–Kier alpha value is -3.19. The number of halogens is 2. The summed E-state index contributed by atoms with van der Waals surface area (Å²) in [6.07, 6.45) is 0. The number of anilines is 1. The molecule has 0 aliphatic rings. The lowest BCUT2D eigenvalue weighted by molar-refractivity contribution is 0.102. The van der Waals surface area contributed by atoms with Gasteiger partial charge in [0, 0.05) is 21.2 Å². The van der Waals surface area contributed by atoms with E-state index < -0.39 is 0 Å². The minimum atomic E-state index is -0.366. The number of carbonyl (C=O) groups is 1. The van der Waals surface area contributed by atoms with Crippen molar-refractivity contribution >= 4 is 55.8 Å². The molecule has 5 rings (SSSR count). The SMILES string of the molecule is O=C(Nc1nc2ccccc2s1)c1c(-c2ccc(Cl)cc2)noc1-c1ccc(Cl)cc1. The van der Waals surface area contributed by atoms with E-state index in [1.807, 2.05) is 24.3 Å². The molecule has 0 fully saturated rings. The zero-order chi connectivity index (χ0) is 21.4. The van der Waals surface area contributed by atoms with Crippen LogP contribution in [-0.2, 0) is 0 Å². The van der Waals surface area contributed by atoms with Crippen LogP contribution >= 0.6 is 34.5 Å². The third-order valence-electron chi connectivity index (χ3n) is 4.66. The maximum atomic E-state index is 13.4. The van der Waals surface area contributed by atoms with Crippen LogP contribution < -0.4 is 5.32 Å². The van der Waals surface area contributed by atoms with Gasteiger partial charge in [0.25, 0.3) is 5.91 Å². The first-order valence-electron chi connectivity index (χ1n) is 9.27. The molecule has 0 radical (unpaired) electrons. The fourth-order valence-corrected chi connectivity index (χ4v) is 4.30. The number of aromatic nitrogens is 2. The number of nitrogens with zero attached hydrogens (tertiary/aromatic N) is 2. The minimum absolute atomic E-state index is 0.309. The van der Waals surface area contributed by atoms with Crippen molar-refractivity contribution in [2.45, 2.75) is 0 Å². The number of hydrogen-bond acceptors (Lipinski definition) is 5. The highest BCUT2D eigenvalue weighted by molar-refractivity contribution is 7.22. The summed E-state index contributed by atoms with van der Waals surface area (Å²) in [6, 6.07) is 21.8. The van der Waals surface area contributed by atoms with E-state index in [2.05, 4.69) is 15.5 Å². The fraction of sp³-hybridized carbons (Fsp3) is 0. The Morgan fingerprint density at radius 1 is 0.871 bits per heavy atom. The molecule has 3 aromatic carbocycles. The van der Waals surface area contributed by atoms with E-state index in [-0.39, 0.29) is 5.91 Å². The first-order chi connectivity index (χ1) is 15.1. The van der Waals surface area contributed by atoms with Crippen molar-refractivity contribution in [1.82, 2.24) is 10.1 Å². The third-order valence-corrected chi connectivity index (χ3v) is 6.11. The van der Waals surface area contributed by atoms with Crippen molar-refractivity contribution in [3.63, 3.8) is 0 Å². The number of para-hydroxylation sites is 1. The van der Waals surface area contributed by atoms with E-state index in [1.54, 1.807) is 48.5 Å². The lowest BCUT2D eigenvalue weighted by Gasteiger charge is -2.05. The van der Waals surface area contributed by atoms with E-state index in [0.717, 1.165) is 10.2 Å². The standard InChI is InChI=1S/C23H13Cl2N3O2S/c24-15-9-5-13(6-10-15)20-19(21(30-28-20)14-7-11-16(25)12-8-14)22(29)27-23-26-17-3-1-2-4-18(17)31-23/h1-12H,(H,26,27,29). The Balaban J connectivity index is 1.59.